The lowest BCUT2D eigenvalue weighted by Crippen LogP contribution is -2.49. The van der Waals surface area contributed by atoms with Gasteiger partial charge in [0.15, 0.2) is 5.50 Å². The fourth-order valence-corrected chi connectivity index (χ4v) is 1.15. The van der Waals surface area contributed by atoms with Gasteiger partial charge in [-0.2, -0.15) is 0 Å². The van der Waals surface area contributed by atoms with Crippen LogP contribution in [0.25, 0.3) is 0 Å². The average molecular weight is 172 g/mol. The van der Waals surface area contributed by atoms with Gasteiger partial charge in [-0.05, 0) is 12.5 Å². The first-order chi connectivity index (χ1) is 5.63. The summed E-state index contributed by atoms with van der Waals surface area (Å²) in [5.41, 5.74) is -1.60. The molecule has 1 unspecified atom stereocenters. The minimum Gasteiger partial charge on any atom is -0.425 e. The Morgan fingerprint density at radius 3 is 2.67 bits per heavy atom. The molecule has 0 fully saturated rings. The van der Waals surface area contributed by atoms with Crippen LogP contribution in [0.15, 0.2) is 24.1 Å². The van der Waals surface area contributed by atoms with Gasteiger partial charge in [-0.1, -0.05) is 12.2 Å². The maximum Gasteiger partial charge on any atom is 0.493 e. The summed E-state index contributed by atoms with van der Waals surface area (Å²) in [7, 11) is -0.602. The molecule has 1 aliphatic carbocycles. The summed E-state index contributed by atoms with van der Waals surface area (Å²) in [6.45, 7) is 0. The summed E-state index contributed by atoms with van der Waals surface area (Å²) in [6.07, 6.45) is 4.41. The molecule has 2 N–H and O–H groups in total. The number of halogens is 1. The van der Waals surface area contributed by atoms with Crippen molar-refractivity contribution < 1.29 is 19.2 Å². The van der Waals surface area contributed by atoms with Crippen LogP contribution >= 0.6 is 0 Å². The van der Waals surface area contributed by atoms with Crippen LogP contribution in [0.2, 0.25) is 0 Å². The van der Waals surface area contributed by atoms with Gasteiger partial charge in [-0.15, -0.1) is 0 Å². The quantitative estimate of drug-likeness (QED) is 0.584. The van der Waals surface area contributed by atoms with Crippen molar-refractivity contribution in [1.82, 2.24) is 0 Å². The molecule has 0 saturated heterocycles. The van der Waals surface area contributed by atoms with E-state index in [1.807, 2.05) is 0 Å². The summed E-state index contributed by atoms with van der Waals surface area (Å²) >= 11 is 0. The molecular formula is C7H10BFO3. The Kier molecular flexibility index (Phi) is 2.67. The Labute approximate surface area is 70.3 Å². The topological polar surface area (TPSA) is 49.7 Å². The molecule has 1 atom stereocenters. The van der Waals surface area contributed by atoms with Crippen LogP contribution in [-0.2, 0) is 4.74 Å². The lowest BCUT2D eigenvalue weighted by Gasteiger charge is -2.30. The van der Waals surface area contributed by atoms with Crippen molar-refractivity contribution in [3.05, 3.63) is 24.1 Å². The SMILES string of the molecule is COC1(B(O)O)CC=CC=C1F. The number of allylic oxidation sites excluding steroid dienone is 2. The Hall–Kier alpha value is -0.645. The molecule has 0 saturated carbocycles. The van der Waals surface area contributed by atoms with E-state index in [0.29, 0.717) is 0 Å². The second kappa shape index (κ2) is 3.39. The van der Waals surface area contributed by atoms with E-state index in [1.54, 1.807) is 6.08 Å². The van der Waals surface area contributed by atoms with E-state index < -0.39 is 18.4 Å². The zero-order chi connectivity index (χ0) is 9.19. The van der Waals surface area contributed by atoms with Crippen molar-refractivity contribution in [3.63, 3.8) is 0 Å². The number of ether oxygens (including phenoxy) is 1. The zero-order valence-electron chi connectivity index (χ0n) is 6.70. The van der Waals surface area contributed by atoms with Crippen LogP contribution < -0.4 is 0 Å². The van der Waals surface area contributed by atoms with E-state index in [0.717, 1.165) is 6.08 Å². The Morgan fingerprint density at radius 1 is 1.67 bits per heavy atom. The molecule has 0 aromatic rings. The Bertz CT molecular complexity index is 227. The fourth-order valence-electron chi connectivity index (χ4n) is 1.15. The summed E-state index contributed by atoms with van der Waals surface area (Å²) in [5.74, 6) is -0.664. The van der Waals surface area contributed by atoms with Crippen LogP contribution in [-0.4, -0.2) is 29.8 Å². The standard InChI is InChI=1S/C7H10BFO3/c1-12-7(8(10)11)5-3-2-4-6(7)9/h2-4,10-11H,5H2,1H3. The monoisotopic (exact) mass is 172 g/mol. The summed E-state index contributed by atoms with van der Waals surface area (Å²) in [4.78, 5) is 0. The van der Waals surface area contributed by atoms with Crippen molar-refractivity contribution >= 4 is 7.12 Å². The zero-order valence-corrected chi connectivity index (χ0v) is 6.70. The molecule has 0 bridgehead atoms. The smallest absolute Gasteiger partial charge is 0.425 e. The molecule has 0 radical (unpaired) electrons. The molecule has 0 aromatic heterocycles. The number of rotatable bonds is 2. The number of methoxy groups -OCH3 is 1. The van der Waals surface area contributed by atoms with E-state index in [9.17, 15) is 4.39 Å². The van der Waals surface area contributed by atoms with E-state index in [2.05, 4.69) is 0 Å². The van der Waals surface area contributed by atoms with E-state index in [1.165, 1.54) is 13.2 Å². The van der Waals surface area contributed by atoms with Gasteiger partial charge in [0, 0.05) is 7.11 Å². The predicted molar refractivity (Wildman–Crippen MR) is 42.9 cm³/mol. The predicted octanol–water partition coefficient (Wildman–Crippen LogP) is 0.197. The number of hydrogen-bond acceptors (Lipinski definition) is 3. The van der Waals surface area contributed by atoms with Crippen LogP contribution in [0.1, 0.15) is 6.42 Å². The Balaban J connectivity index is 2.94. The van der Waals surface area contributed by atoms with Crippen LogP contribution in [0, 0.1) is 0 Å². The molecule has 0 aromatic carbocycles. The molecule has 0 spiro atoms. The third-order valence-electron chi connectivity index (χ3n) is 1.99. The molecule has 66 valence electrons. The van der Waals surface area contributed by atoms with E-state index in [-0.39, 0.29) is 6.42 Å². The lowest BCUT2D eigenvalue weighted by atomic mass is 9.64. The third kappa shape index (κ3) is 1.31. The van der Waals surface area contributed by atoms with E-state index in [4.69, 9.17) is 14.8 Å². The molecule has 3 nitrogen and oxygen atoms in total. The minimum absolute atomic E-state index is 0.128. The first-order valence-corrected chi connectivity index (χ1v) is 3.57. The number of hydrogen-bond donors (Lipinski definition) is 2. The van der Waals surface area contributed by atoms with Crippen LogP contribution in [0.5, 0.6) is 0 Å². The largest absolute Gasteiger partial charge is 0.493 e. The van der Waals surface area contributed by atoms with Crippen LogP contribution in [0.3, 0.4) is 0 Å². The third-order valence-corrected chi connectivity index (χ3v) is 1.99. The van der Waals surface area contributed by atoms with Gasteiger partial charge in [-0.25, -0.2) is 4.39 Å². The van der Waals surface area contributed by atoms with Gasteiger partial charge >= 0.3 is 7.12 Å². The molecular weight excluding hydrogens is 162 g/mol. The van der Waals surface area contributed by atoms with Crippen molar-refractivity contribution in [2.24, 2.45) is 0 Å². The second-order valence-corrected chi connectivity index (χ2v) is 2.61. The molecule has 0 amide bonds. The molecule has 5 heteroatoms. The van der Waals surface area contributed by atoms with Gasteiger partial charge < -0.3 is 14.8 Å². The molecule has 1 rings (SSSR count). The first-order valence-electron chi connectivity index (χ1n) is 3.57. The summed E-state index contributed by atoms with van der Waals surface area (Å²) in [6, 6.07) is 0. The van der Waals surface area contributed by atoms with Gasteiger partial charge in [-0.3, -0.25) is 0 Å². The van der Waals surface area contributed by atoms with Gasteiger partial charge in [0.05, 0.1) is 0 Å². The van der Waals surface area contributed by atoms with Gasteiger partial charge in [0.25, 0.3) is 0 Å². The second-order valence-electron chi connectivity index (χ2n) is 2.61. The lowest BCUT2D eigenvalue weighted by molar-refractivity contribution is 0.0426. The van der Waals surface area contributed by atoms with Gasteiger partial charge in [0.1, 0.15) is 5.83 Å². The minimum atomic E-state index is -1.84. The molecule has 12 heavy (non-hydrogen) atoms. The van der Waals surface area contributed by atoms with Crippen LogP contribution in [0.4, 0.5) is 4.39 Å². The summed E-state index contributed by atoms with van der Waals surface area (Å²) in [5, 5.41) is 17.8. The summed E-state index contributed by atoms with van der Waals surface area (Å²) < 4.78 is 17.9. The van der Waals surface area contributed by atoms with Crippen molar-refractivity contribution in [1.29, 1.82) is 0 Å². The maximum absolute atomic E-state index is 13.1. The highest BCUT2D eigenvalue weighted by atomic mass is 19.1. The average Bonchev–Trinajstić information content (AvgIpc) is 2.05. The highest BCUT2D eigenvalue weighted by molar-refractivity contribution is 6.46. The van der Waals surface area contributed by atoms with Crippen molar-refractivity contribution in [2.45, 2.75) is 11.9 Å². The molecule has 1 aliphatic rings. The maximum atomic E-state index is 13.1. The normalized spacial score (nSPS) is 28.5. The fraction of sp³-hybridized carbons (Fsp3) is 0.429. The Morgan fingerprint density at radius 2 is 2.33 bits per heavy atom. The van der Waals surface area contributed by atoms with Gasteiger partial charge in [0.2, 0.25) is 0 Å². The van der Waals surface area contributed by atoms with Crippen molar-refractivity contribution in [2.75, 3.05) is 7.11 Å². The van der Waals surface area contributed by atoms with Crippen molar-refractivity contribution in [3.8, 4) is 0 Å². The van der Waals surface area contributed by atoms with E-state index >= 15 is 0 Å². The highest BCUT2D eigenvalue weighted by Gasteiger charge is 2.46. The highest BCUT2D eigenvalue weighted by Crippen LogP contribution is 2.30. The molecule has 0 aliphatic heterocycles. The molecule has 0 heterocycles. The first kappa shape index (κ1) is 9.44.